The quantitative estimate of drug-likeness (QED) is 0.856. The molecular weight excluding hydrogens is 352 g/mol. The van der Waals surface area contributed by atoms with Gasteiger partial charge in [0.05, 0.1) is 13.7 Å². The Labute approximate surface area is 159 Å². The van der Waals surface area contributed by atoms with Gasteiger partial charge in [-0.15, -0.1) is 0 Å². The molecule has 27 heavy (non-hydrogen) atoms. The zero-order valence-electron chi connectivity index (χ0n) is 16.4. The summed E-state index contributed by atoms with van der Waals surface area (Å²) in [5.74, 6) is -0.781. The Bertz CT molecular complexity index is 671. The molecule has 4 rings (SSSR count). The average Bonchev–Trinajstić information content (AvgIpc) is 3.10. The van der Waals surface area contributed by atoms with Crippen LogP contribution in [0.25, 0.3) is 0 Å². The Morgan fingerprint density at radius 3 is 1.96 bits per heavy atom. The molecule has 1 aromatic carbocycles. The molecule has 2 saturated heterocycles. The number of aliphatic hydroxyl groups is 1. The number of hydrogen-bond acceptors (Lipinski definition) is 7. The number of fused-ring (bicyclic) bond motifs is 3. The molecule has 2 aliphatic heterocycles. The maximum Gasteiger partial charge on any atom is 0.164 e. The molecule has 6 atom stereocenters. The smallest absolute Gasteiger partial charge is 0.164 e. The van der Waals surface area contributed by atoms with Crippen molar-refractivity contribution in [2.24, 2.45) is 0 Å². The van der Waals surface area contributed by atoms with Crippen LogP contribution in [0.3, 0.4) is 0 Å². The molecule has 0 amide bonds. The Morgan fingerprint density at radius 2 is 1.37 bits per heavy atom. The van der Waals surface area contributed by atoms with Crippen LogP contribution < -0.4 is 4.74 Å². The Morgan fingerprint density at radius 1 is 0.852 bits per heavy atom. The summed E-state index contributed by atoms with van der Waals surface area (Å²) in [6, 6.07) is 7.62. The average molecular weight is 380 g/mol. The maximum atomic E-state index is 11.0. The van der Waals surface area contributed by atoms with Crippen molar-refractivity contribution in [3.63, 3.8) is 0 Å². The zero-order chi connectivity index (χ0) is 19.4. The van der Waals surface area contributed by atoms with Crippen LogP contribution in [0.2, 0.25) is 0 Å². The van der Waals surface area contributed by atoms with E-state index >= 15 is 0 Å². The van der Waals surface area contributed by atoms with Gasteiger partial charge in [-0.3, -0.25) is 0 Å². The largest absolute Gasteiger partial charge is 0.497 e. The number of benzene rings is 1. The standard InChI is InChI=1S/C20H28O7/c1-19(2)24-15-13(21)14(23-10-11-6-8-12(22-5)9-7-11)16-18(17(15)26-19)27-20(3,4)25-16/h6-9,13-18,21H,10H2,1-5H3/t13?,14-,15-,16+,17?,18+/m1/s1. The molecule has 7 nitrogen and oxygen atoms in total. The van der Waals surface area contributed by atoms with E-state index in [1.54, 1.807) is 7.11 Å². The minimum absolute atomic E-state index is 0.334. The fraction of sp³-hybridized carbons (Fsp3) is 0.700. The van der Waals surface area contributed by atoms with Gasteiger partial charge in [0.2, 0.25) is 0 Å². The van der Waals surface area contributed by atoms with Gasteiger partial charge < -0.3 is 33.5 Å². The lowest BCUT2D eigenvalue weighted by atomic mass is 9.85. The molecule has 1 aromatic rings. The lowest BCUT2D eigenvalue weighted by molar-refractivity contribution is -0.196. The summed E-state index contributed by atoms with van der Waals surface area (Å²) in [6.45, 7) is 7.71. The van der Waals surface area contributed by atoms with Gasteiger partial charge >= 0.3 is 0 Å². The first-order valence-corrected chi connectivity index (χ1v) is 9.33. The van der Waals surface area contributed by atoms with Crippen molar-refractivity contribution in [3.8, 4) is 5.75 Å². The first-order chi connectivity index (χ1) is 12.7. The normalized spacial score (nSPS) is 39.0. The van der Waals surface area contributed by atoms with E-state index in [1.165, 1.54) is 0 Å². The van der Waals surface area contributed by atoms with Crippen molar-refractivity contribution in [2.75, 3.05) is 7.11 Å². The number of hydrogen-bond donors (Lipinski definition) is 1. The van der Waals surface area contributed by atoms with E-state index in [9.17, 15) is 5.11 Å². The number of ether oxygens (including phenoxy) is 6. The first kappa shape index (κ1) is 19.1. The highest BCUT2D eigenvalue weighted by atomic mass is 16.8. The molecule has 0 spiro atoms. The van der Waals surface area contributed by atoms with Crippen LogP contribution in [-0.2, 0) is 30.3 Å². The van der Waals surface area contributed by atoms with E-state index < -0.39 is 42.1 Å². The molecule has 150 valence electrons. The van der Waals surface area contributed by atoms with Gasteiger partial charge in [-0.2, -0.15) is 0 Å². The molecule has 1 aliphatic carbocycles. The van der Waals surface area contributed by atoms with Gasteiger partial charge in [-0.1, -0.05) is 12.1 Å². The highest BCUT2D eigenvalue weighted by molar-refractivity contribution is 5.26. The summed E-state index contributed by atoms with van der Waals surface area (Å²) in [4.78, 5) is 0. The molecule has 2 unspecified atom stereocenters. The summed E-state index contributed by atoms with van der Waals surface area (Å²) in [5, 5.41) is 11.0. The minimum atomic E-state index is -0.881. The maximum absolute atomic E-state index is 11.0. The van der Waals surface area contributed by atoms with E-state index in [1.807, 2.05) is 52.0 Å². The van der Waals surface area contributed by atoms with Crippen LogP contribution in [0.5, 0.6) is 5.75 Å². The van der Waals surface area contributed by atoms with E-state index in [-0.39, 0.29) is 6.10 Å². The second-order valence-corrected chi connectivity index (χ2v) is 8.24. The summed E-state index contributed by atoms with van der Waals surface area (Å²) in [6.07, 6.45) is -3.20. The topological polar surface area (TPSA) is 75.6 Å². The second kappa shape index (κ2) is 6.69. The molecule has 7 heteroatoms. The van der Waals surface area contributed by atoms with Crippen LogP contribution in [0.1, 0.15) is 33.3 Å². The first-order valence-electron chi connectivity index (χ1n) is 9.33. The second-order valence-electron chi connectivity index (χ2n) is 8.24. The number of aliphatic hydroxyl groups excluding tert-OH is 1. The van der Waals surface area contributed by atoms with Crippen molar-refractivity contribution in [3.05, 3.63) is 29.8 Å². The minimum Gasteiger partial charge on any atom is -0.497 e. The molecule has 2 heterocycles. The SMILES string of the molecule is COc1ccc(CO[C@@H]2C(O)[C@H]3OC(C)(C)OC3[C@H]3OC(C)(C)O[C@@H]23)cc1. The van der Waals surface area contributed by atoms with Gasteiger partial charge in [0.15, 0.2) is 11.6 Å². The number of methoxy groups -OCH3 is 1. The molecular formula is C20H28O7. The molecule has 3 aliphatic rings. The number of rotatable bonds is 4. The van der Waals surface area contributed by atoms with Crippen molar-refractivity contribution >= 4 is 0 Å². The summed E-state index contributed by atoms with van der Waals surface area (Å²) in [5.41, 5.74) is 0.976. The highest BCUT2D eigenvalue weighted by Crippen LogP contribution is 2.45. The van der Waals surface area contributed by atoms with Gasteiger partial charge in [-0.05, 0) is 45.4 Å². The van der Waals surface area contributed by atoms with E-state index in [2.05, 4.69) is 0 Å². The van der Waals surface area contributed by atoms with Crippen LogP contribution in [0.4, 0.5) is 0 Å². The predicted molar refractivity (Wildman–Crippen MR) is 95.2 cm³/mol. The molecule has 1 N–H and O–H groups in total. The molecule has 1 saturated carbocycles. The lowest BCUT2D eigenvalue weighted by Gasteiger charge is -2.40. The van der Waals surface area contributed by atoms with E-state index in [4.69, 9.17) is 28.4 Å². The summed E-state index contributed by atoms with van der Waals surface area (Å²) >= 11 is 0. The van der Waals surface area contributed by atoms with Crippen LogP contribution in [0.15, 0.2) is 24.3 Å². The van der Waals surface area contributed by atoms with Crippen molar-refractivity contribution in [2.45, 2.75) is 82.5 Å². The monoisotopic (exact) mass is 380 g/mol. The third-order valence-corrected chi connectivity index (χ3v) is 5.25. The summed E-state index contributed by atoms with van der Waals surface area (Å²) < 4.78 is 35.4. The van der Waals surface area contributed by atoms with E-state index in [0.29, 0.717) is 6.61 Å². The van der Waals surface area contributed by atoms with Gasteiger partial charge in [0.25, 0.3) is 0 Å². The van der Waals surface area contributed by atoms with Crippen LogP contribution >= 0.6 is 0 Å². The third-order valence-electron chi connectivity index (χ3n) is 5.25. The molecule has 0 bridgehead atoms. The van der Waals surface area contributed by atoms with Crippen LogP contribution in [-0.4, -0.2) is 60.4 Å². The van der Waals surface area contributed by atoms with Gasteiger partial charge in [-0.25, -0.2) is 0 Å². The highest BCUT2D eigenvalue weighted by Gasteiger charge is 2.63. The van der Waals surface area contributed by atoms with Gasteiger partial charge in [0, 0.05) is 0 Å². The third kappa shape index (κ3) is 3.60. The van der Waals surface area contributed by atoms with Crippen molar-refractivity contribution in [1.29, 1.82) is 0 Å². The van der Waals surface area contributed by atoms with E-state index in [0.717, 1.165) is 11.3 Å². The fourth-order valence-corrected chi connectivity index (χ4v) is 4.15. The van der Waals surface area contributed by atoms with Gasteiger partial charge in [0.1, 0.15) is 42.4 Å². The lowest BCUT2D eigenvalue weighted by Crippen LogP contribution is -2.62. The fourth-order valence-electron chi connectivity index (χ4n) is 4.15. The molecule has 0 radical (unpaired) electrons. The van der Waals surface area contributed by atoms with Crippen molar-refractivity contribution in [1.82, 2.24) is 0 Å². The van der Waals surface area contributed by atoms with Crippen molar-refractivity contribution < 1.29 is 33.5 Å². The Balaban J connectivity index is 1.53. The molecule has 3 fully saturated rings. The Hall–Kier alpha value is -1.22. The summed E-state index contributed by atoms with van der Waals surface area (Å²) in [7, 11) is 1.63. The predicted octanol–water partition coefficient (Wildman–Crippen LogP) is 2.00. The zero-order valence-corrected chi connectivity index (χ0v) is 16.4. The Kier molecular flexibility index (Phi) is 4.73. The molecule has 0 aromatic heterocycles. The van der Waals surface area contributed by atoms with Crippen LogP contribution in [0, 0.1) is 0 Å².